The monoisotopic (exact) mass is 331 g/mol. The van der Waals surface area contributed by atoms with E-state index in [4.69, 9.17) is 11.6 Å². The molecule has 1 aliphatic heterocycles. The van der Waals surface area contributed by atoms with Gasteiger partial charge in [0.25, 0.3) is 10.0 Å². The lowest BCUT2D eigenvalue weighted by molar-refractivity contribution is 0.274. The lowest BCUT2D eigenvalue weighted by Gasteiger charge is -2.31. The molecule has 0 amide bonds. The fourth-order valence-electron chi connectivity index (χ4n) is 2.45. The van der Waals surface area contributed by atoms with Crippen molar-refractivity contribution in [2.75, 3.05) is 13.1 Å². The number of hydrogen-bond donors (Lipinski definition) is 0. The first-order valence-corrected chi connectivity index (χ1v) is 8.99. The summed E-state index contributed by atoms with van der Waals surface area (Å²) in [6.45, 7) is 1.03. The smallest absolute Gasteiger partial charge is 0.254 e. The number of thiophene rings is 1. The number of imidazole rings is 1. The van der Waals surface area contributed by atoms with Crippen LogP contribution in [0.25, 0.3) is 0 Å². The predicted molar refractivity (Wildman–Crippen MR) is 78.6 cm³/mol. The molecule has 5 nitrogen and oxygen atoms in total. The molecule has 1 saturated heterocycles. The van der Waals surface area contributed by atoms with Crippen molar-refractivity contribution in [1.29, 1.82) is 0 Å². The zero-order chi connectivity index (χ0) is 14.2. The van der Waals surface area contributed by atoms with Crippen LogP contribution in [0, 0.1) is 0 Å². The van der Waals surface area contributed by atoms with E-state index in [2.05, 4.69) is 4.98 Å². The Morgan fingerprint density at radius 1 is 1.35 bits per heavy atom. The Kier molecular flexibility index (Phi) is 3.85. The summed E-state index contributed by atoms with van der Waals surface area (Å²) in [5.74, 6) is 0. The third kappa shape index (κ3) is 2.50. The molecule has 0 unspecified atom stereocenters. The normalized spacial score (nSPS) is 18.4. The zero-order valence-electron chi connectivity index (χ0n) is 10.6. The van der Waals surface area contributed by atoms with Gasteiger partial charge in [-0.05, 0) is 24.3 Å². The van der Waals surface area contributed by atoms with Crippen LogP contribution >= 0.6 is 22.9 Å². The van der Waals surface area contributed by atoms with E-state index in [1.54, 1.807) is 24.0 Å². The van der Waals surface area contributed by atoms with Gasteiger partial charge in [-0.2, -0.15) is 4.31 Å². The van der Waals surface area contributed by atoms with Gasteiger partial charge in [0.1, 0.15) is 0 Å². The number of hydrogen-bond acceptors (Lipinski definition) is 4. The molecule has 0 N–H and O–H groups in total. The third-order valence-corrected chi connectivity index (χ3v) is 7.43. The van der Waals surface area contributed by atoms with Crippen LogP contribution in [0.15, 0.2) is 34.4 Å². The molecule has 0 spiro atoms. The summed E-state index contributed by atoms with van der Waals surface area (Å²) < 4.78 is 28.8. The number of halogens is 1. The van der Waals surface area contributed by atoms with Crippen LogP contribution in [0.4, 0.5) is 0 Å². The molecular formula is C12H14ClN3O2S2. The standard InChI is InChI=1S/C12H14ClN3O2S2/c13-11-3-8-19-12(11)20(17,18)16-5-1-10(2-6-16)15-7-4-14-9-15/h3-4,7-10H,1-2,5-6H2. The first-order chi connectivity index (χ1) is 9.59. The molecule has 0 aliphatic carbocycles. The highest BCUT2D eigenvalue weighted by Gasteiger charge is 2.31. The van der Waals surface area contributed by atoms with Crippen LogP contribution in [-0.4, -0.2) is 35.4 Å². The van der Waals surface area contributed by atoms with Crippen LogP contribution < -0.4 is 0 Å². The van der Waals surface area contributed by atoms with Crippen LogP contribution in [0.2, 0.25) is 5.02 Å². The number of nitrogens with zero attached hydrogens (tertiary/aromatic N) is 3. The third-order valence-electron chi connectivity index (χ3n) is 3.53. The molecule has 8 heteroatoms. The van der Waals surface area contributed by atoms with E-state index in [1.807, 2.05) is 10.8 Å². The highest BCUT2D eigenvalue weighted by Crippen LogP contribution is 2.32. The van der Waals surface area contributed by atoms with Gasteiger partial charge in [0, 0.05) is 31.5 Å². The molecule has 0 atom stereocenters. The minimum Gasteiger partial charge on any atom is -0.334 e. The summed E-state index contributed by atoms with van der Waals surface area (Å²) in [7, 11) is -3.45. The summed E-state index contributed by atoms with van der Waals surface area (Å²) in [6.07, 6.45) is 7.03. The first-order valence-electron chi connectivity index (χ1n) is 6.29. The quantitative estimate of drug-likeness (QED) is 0.868. The fraction of sp³-hybridized carbons (Fsp3) is 0.417. The van der Waals surface area contributed by atoms with E-state index in [0.29, 0.717) is 24.2 Å². The second kappa shape index (κ2) is 5.48. The average molecular weight is 332 g/mol. The summed E-state index contributed by atoms with van der Waals surface area (Å²) in [5, 5.41) is 2.01. The number of rotatable bonds is 3. The maximum absolute atomic E-state index is 12.5. The Hall–Kier alpha value is -0.890. The van der Waals surface area contributed by atoms with Gasteiger partial charge in [0.2, 0.25) is 0 Å². The SMILES string of the molecule is O=S(=O)(c1sccc1Cl)N1CCC(n2ccnc2)CC1. The van der Waals surface area contributed by atoms with Crippen LogP contribution in [0.1, 0.15) is 18.9 Å². The van der Waals surface area contributed by atoms with Gasteiger partial charge in [-0.3, -0.25) is 0 Å². The van der Waals surface area contributed by atoms with E-state index < -0.39 is 10.0 Å². The van der Waals surface area contributed by atoms with E-state index in [-0.39, 0.29) is 4.21 Å². The maximum atomic E-state index is 12.5. The van der Waals surface area contributed by atoms with Gasteiger partial charge >= 0.3 is 0 Å². The molecule has 2 aromatic rings. The Balaban J connectivity index is 1.74. The van der Waals surface area contributed by atoms with Gasteiger partial charge in [-0.1, -0.05) is 11.6 Å². The predicted octanol–water partition coefficient (Wildman–Crippen LogP) is 2.62. The van der Waals surface area contributed by atoms with Crippen molar-refractivity contribution in [3.8, 4) is 0 Å². The van der Waals surface area contributed by atoms with Crippen LogP contribution in [0.3, 0.4) is 0 Å². The molecule has 0 aromatic carbocycles. The Bertz CT molecular complexity index is 673. The molecule has 1 aliphatic rings. The Morgan fingerprint density at radius 3 is 2.65 bits per heavy atom. The Labute approximate surface area is 126 Å². The van der Waals surface area contributed by atoms with Gasteiger partial charge in [0.15, 0.2) is 4.21 Å². The molecular weight excluding hydrogens is 318 g/mol. The second-order valence-corrected chi connectivity index (χ2v) is 8.16. The van der Waals surface area contributed by atoms with E-state index in [9.17, 15) is 8.42 Å². The van der Waals surface area contributed by atoms with Crippen LogP contribution in [0.5, 0.6) is 0 Å². The highest BCUT2D eigenvalue weighted by molar-refractivity contribution is 7.91. The Morgan fingerprint density at radius 2 is 2.10 bits per heavy atom. The van der Waals surface area contributed by atoms with E-state index >= 15 is 0 Å². The molecule has 0 radical (unpaired) electrons. The van der Waals surface area contributed by atoms with Crippen molar-refractivity contribution in [1.82, 2.24) is 13.9 Å². The molecule has 108 valence electrons. The molecule has 2 aromatic heterocycles. The topological polar surface area (TPSA) is 55.2 Å². The van der Waals surface area contributed by atoms with Gasteiger partial charge < -0.3 is 4.57 Å². The minimum absolute atomic E-state index is 0.250. The van der Waals surface area contributed by atoms with Crippen molar-refractivity contribution >= 4 is 33.0 Å². The average Bonchev–Trinajstić information content (AvgIpc) is 3.10. The highest BCUT2D eigenvalue weighted by atomic mass is 35.5. The minimum atomic E-state index is -3.45. The number of piperidine rings is 1. The summed E-state index contributed by atoms with van der Waals surface area (Å²) in [4.78, 5) is 4.03. The first kappa shape index (κ1) is 14.1. The molecule has 20 heavy (non-hydrogen) atoms. The lowest BCUT2D eigenvalue weighted by Crippen LogP contribution is -2.38. The summed E-state index contributed by atoms with van der Waals surface area (Å²) in [5.41, 5.74) is 0. The number of sulfonamides is 1. The summed E-state index contributed by atoms with van der Waals surface area (Å²) in [6, 6.07) is 1.94. The lowest BCUT2D eigenvalue weighted by atomic mass is 10.1. The van der Waals surface area contributed by atoms with Crippen molar-refractivity contribution in [2.45, 2.75) is 23.1 Å². The van der Waals surface area contributed by atoms with Gasteiger partial charge in [-0.25, -0.2) is 13.4 Å². The molecule has 0 saturated carbocycles. The van der Waals surface area contributed by atoms with Crippen molar-refractivity contribution < 1.29 is 8.42 Å². The molecule has 3 heterocycles. The van der Waals surface area contributed by atoms with Crippen LogP contribution in [-0.2, 0) is 10.0 Å². The van der Waals surface area contributed by atoms with Gasteiger partial charge in [0.05, 0.1) is 11.3 Å². The van der Waals surface area contributed by atoms with Crippen molar-refractivity contribution in [3.63, 3.8) is 0 Å². The summed E-state index contributed by atoms with van der Waals surface area (Å²) >= 11 is 7.12. The largest absolute Gasteiger partial charge is 0.334 e. The fourth-order valence-corrected chi connectivity index (χ4v) is 5.73. The molecule has 0 bridgehead atoms. The maximum Gasteiger partial charge on any atom is 0.254 e. The van der Waals surface area contributed by atoms with Crippen molar-refractivity contribution in [3.05, 3.63) is 35.2 Å². The van der Waals surface area contributed by atoms with E-state index in [1.165, 1.54) is 15.6 Å². The number of aromatic nitrogens is 2. The molecule has 1 fully saturated rings. The van der Waals surface area contributed by atoms with E-state index in [0.717, 1.165) is 12.8 Å². The van der Waals surface area contributed by atoms with Gasteiger partial charge in [-0.15, -0.1) is 11.3 Å². The second-order valence-electron chi connectivity index (χ2n) is 4.70. The zero-order valence-corrected chi connectivity index (χ0v) is 13.0. The molecule has 3 rings (SSSR count). The van der Waals surface area contributed by atoms with Crippen molar-refractivity contribution in [2.24, 2.45) is 0 Å².